The van der Waals surface area contributed by atoms with E-state index in [2.05, 4.69) is 52.9 Å². The topological polar surface area (TPSA) is 94.6 Å². The summed E-state index contributed by atoms with van der Waals surface area (Å²) in [5.74, 6) is 1.21. The Morgan fingerprint density at radius 1 is 1.14 bits per heavy atom. The van der Waals surface area contributed by atoms with Gasteiger partial charge >= 0.3 is 0 Å². The van der Waals surface area contributed by atoms with E-state index in [4.69, 9.17) is 19.9 Å². The van der Waals surface area contributed by atoms with Gasteiger partial charge in [-0.2, -0.15) is 5.26 Å². The molecule has 0 spiro atoms. The number of Topliss-reactive ketones (excluding diaryl/α,β-unsaturated/α-hetero) is 1. The van der Waals surface area contributed by atoms with Crippen LogP contribution in [0.4, 0.5) is 0 Å². The number of allylic oxidation sites excluding steroid dienone is 3. The fourth-order valence-corrected chi connectivity index (χ4v) is 5.70. The third kappa shape index (κ3) is 4.42. The molecular formula is C29H25IN2O4. The molecule has 3 aromatic carbocycles. The highest BCUT2D eigenvalue weighted by Crippen LogP contribution is 2.46. The van der Waals surface area contributed by atoms with E-state index in [0.29, 0.717) is 55.3 Å². The molecule has 0 saturated heterocycles. The first-order valence-corrected chi connectivity index (χ1v) is 13.0. The Kier molecular flexibility index (Phi) is 6.88. The van der Waals surface area contributed by atoms with Gasteiger partial charge in [0.1, 0.15) is 24.0 Å². The van der Waals surface area contributed by atoms with Crippen LogP contribution in [0.25, 0.3) is 10.8 Å². The summed E-state index contributed by atoms with van der Waals surface area (Å²) >= 11 is 2.22. The second-order valence-corrected chi connectivity index (χ2v) is 9.89. The van der Waals surface area contributed by atoms with E-state index in [1.54, 1.807) is 0 Å². The zero-order chi connectivity index (χ0) is 25.2. The van der Waals surface area contributed by atoms with Crippen molar-refractivity contribution in [1.82, 2.24) is 0 Å². The maximum Gasteiger partial charge on any atom is 0.205 e. The highest BCUT2D eigenvalue weighted by Gasteiger charge is 2.38. The number of fused-ring (bicyclic) bond motifs is 1. The van der Waals surface area contributed by atoms with Gasteiger partial charge in [0.15, 0.2) is 17.3 Å². The minimum atomic E-state index is -0.591. The quantitative estimate of drug-likeness (QED) is 0.341. The summed E-state index contributed by atoms with van der Waals surface area (Å²) in [6.45, 7) is 2.72. The number of nitrogens with two attached hydrogens (primary N) is 1. The molecule has 1 atom stereocenters. The van der Waals surface area contributed by atoms with Crippen LogP contribution in [0.15, 0.2) is 77.4 Å². The number of carbonyl (C=O) groups excluding carboxylic acids is 1. The Morgan fingerprint density at radius 2 is 1.94 bits per heavy atom. The lowest BCUT2D eigenvalue weighted by Crippen LogP contribution is -2.27. The molecule has 3 aromatic rings. The summed E-state index contributed by atoms with van der Waals surface area (Å²) in [6, 6.07) is 20.3. The molecule has 1 heterocycles. The van der Waals surface area contributed by atoms with Crippen molar-refractivity contribution in [3.05, 3.63) is 92.1 Å². The first kappa shape index (κ1) is 24.2. The molecular weight excluding hydrogens is 567 g/mol. The molecule has 0 radical (unpaired) electrons. The molecule has 0 fully saturated rings. The number of nitrogens with zero attached hydrogens (tertiary/aromatic N) is 1. The molecule has 2 N–H and O–H groups in total. The zero-order valence-electron chi connectivity index (χ0n) is 19.8. The molecule has 0 amide bonds. The van der Waals surface area contributed by atoms with Crippen molar-refractivity contribution in [3.8, 4) is 17.6 Å². The Balaban J connectivity index is 1.55. The molecule has 5 rings (SSSR count). The maximum atomic E-state index is 12.9. The molecule has 0 aromatic heterocycles. The zero-order valence-corrected chi connectivity index (χ0v) is 22.0. The van der Waals surface area contributed by atoms with Gasteiger partial charge in [-0.3, -0.25) is 4.79 Å². The molecule has 7 heteroatoms. The van der Waals surface area contributed by atoms with Gasteiger partial charge < -0.3 is 19.9 Å². The maximum absolute atomic E-state index is 12.9. The predicted octanol–water partition coefficient (Wildman–Crippen LogP) is 6.24. The van der Waals surface area contributed by atoms with Gasteiger partial charge in [-0.15, -0.1) is 0 Å². The fourth-order valence-electron chi connectivity index (χ4n) is 4.92. The third-order valence-corrected chi connectivity index (χ3v) is 7.32. The van der Waals surface area contributed by atoms with Crippen molar-refractivity contribution in [3.63, 3.8) is 0 Å². The number of ketones is 1. The summed E-state index contributed by atoms with van der Waals surface area (Å²) in [4.78, 5) is 12.9. The number of hydrogen-bond acceptors (Lipinski definition) is 6. The monoisotopic (exact) mass is 592 g/mol. The van der Waals surface area contributed by atoms with Gasteiger partial charge in [-0.25, -0.2) is 0 Å². The van der Waals surface area contributed by atoms with E-state index < -0.39 is 5.92 Å². The van der Waals surface area contributed by atoms with Crippen LogP contribution in [0.1, 0.15) is 43.2 Å². The van der Waals surface area contributed by atoms with E-state index in [9.17, 15) is 10.1 Å². The normalized spacial score (nSPS) is 17.5. The summed E-state index contributed by atoms with van der Waals surface area (Å²) in [5, 5.41) is 12.2. The van der Waals surface area contributed by atoms with E-state index in [1.807, 2.05) is 37.3 Å². The van der Waals surface area contributed by atoms with E-state index in [-0.39, 0.29) is 17.2 Å². The van der Waals surface area contributed by atoms with Crippen LogP contribution in [-0.2, 0) is 16.1 Å². The Labute approximate surface area is 223 Å². The number of halogens is 1. The molecule has 0 bridgehead atoms. The number of nitriles is 1. The second-order valence-electron chi connectivity index (χ2n) is 8.73. The Bertz CT molecular complexity index is 1460. The molecule has 1 aliphatic carbocycles. The largest absolute Gasteiger partial charge is 0.490 e. The minimum absolute atomic E-state index is 0.00856. The van der Waals surface area contributed by atoms with Gasteiger partial charge in [0.05, 0.1) is 16.1 Å². The van der Waals surface area contributed by atoms with Crippen LogP contribution >= 0.6 is 22.6 Å². The van der Waals surface area contributed by atoms with Crippen LogP contribution < -0.4 is 15.2 Å². The Hall–Kier alpha value is -3.51. The van der Waals surface area contributed by atoms with Crippen LogP contribution in [0.5, 0.6) is 11.5 Å². The molecule has 2 aliphatic rings. The molecule has 0 unspecified atom stereocenters. The SMILES string of the molecule is CCOc1cc([C@H]2C(C#N)=C(N)OC3=C2C(=O)CCC3)cc(I)c1OCc1cccc2ccccc12. The smallest absolute Gasteiger partial charge is 0.205 e. The van der Waals surface area contributed by atoms with E-state index >= 15 is 0 Å². The summed E-state index contributed by atoms with van der Waals surface area (Å²) < 4.78 is 18.8. The standard InChI is InChI=1S/C29H25IN2O4/c1-2-34-25-14-19(26-21(15-31)29(32)36-24-12-6-11-23(33)27(24)26)13-22(30)28(25)35-16-18-9-5-8-17-7-3-4-10-20(17)18/h3-5,7-10,13-14,26H,2,6,11-12,16,32H2,1H3/t26-/m0/s1. The number of hydrogen-bond donors (Lipinski definition) is 1. The lowest BCUT2D eigenvalue weighted by Gasteiger charge is -2.31. The lowest BCUT2D eigenvalue weighted by atomic mass is 9.77. The summed E-state index contributed by atoms with van der Waals surface area (Å²) in [7, 11) is 0. The highest BCUT2D eigenvalue weighted by atomic mass is 127. The van der Waals surface area contributed by atoms with Gasteiger partial charge in [0.2, 0.25) is 5.88 Å². The molecule has 6 nitrogen and oxygen atoms in total. The summed E-state index contributed by atoms with van der Waals surface area (Å²) in [5.41, 5.74) is 8.72. The third-order valence-electron chi connectivity index (χ3n) is 6.52. The molecule has 182 valence electrons. The van der Waals surface area contributed by atoms with Crippen LogP contribution in [0.3, 0.4) is 0 Å². The molecule has 36 heavy (non-hydrogen) atoms. The van der Waals surface area contributed by atoms with Gasteiger partial charge in [-0.1, -0.05) is 42.5 Å². The second kappa shape index (κ2) is 10.2. The lowest BCUT2D eigenvalue weighted by molar-refractivity contribution is -0.116. The molecule has 1 aliphatic heterocycles. The van der Waals surface area contributed by atoms with Crippen LogP contribution in [-0.4, -0.2) is 12.4 Å². The van der Waals surface area contributed by atoms with Crippen molar-refractivity contribution < 1.29 is 19.0 Å². The highest BCUT2D eigenvalue weighted by molar-refractivity contribution is 14.1. The Morgan fingerprint density at radius 3 is 2.75 bits per heavy atom. The van der Waals surface area contributed by atoms with Gasteiger partial charge in [-0.05, 0) is 70.0 Å². The van der Waals surface area contributed by atoms with Crippen LogP contribution in [0.2, 0.25) is 0 Å². The molecule has 0 saturated carbocycles. The van der Waals surface area contributed by atoms with Crippen LogP contribution in [0, 0.1) is 14.9 Å². The number of ether oxygens (including phenoxy) is 3. The number of rotatable bonds is 6. The van der Waals surface area contributed by atoms with E-state index in [0.717, 1.165) is 25.5 Å². The summed E-state index contributed by atoms with van der Waals surface area (Å²) in [6.07, 6.45) is 1.76. The van der Waals surface area contributed by atoms with Gasteiger partial charge in [0.25, 0.3) is 0 Å². The van der Waals surface area contributed by atoms with Crippen molar-refractivity contribution in [2.45, 2.75) is 38.7 Å². The minimum Gasteiger partial charge on any atom is -0.490 e. The number of benzene rings is 3. The predicted molar refractivity (Wildman–Crippen MR) is 145 cm³/mol. The number of carbonyl (C=O) groups is 1. The first-order chi connectivity index (χ1) is 17.5. The van der Waals surface area contributed by atoms with E-state index in [1.165, 1.54) is 0 Å². The van der Waals surface area contributed by atoms with Crippen molar-refractivity contribution in [2.75, 3.05) is 6.61 Å². The van der Waals surface area contributed by atoms with Gasteiger partial charge in [0, 0.05) is 18.4 Å². The average Bonchev–Trinajstić information content (AvgIpc) is 2.87. The van der Waals surface area contributed by atoms with Crippen molar-refractivity contribution in [1.29, 1.82) is 5.26 Å². The average molecular weight is 592 g/mol. The fraction of sp³-hybridized carbons (Fsp3) is 0.241. The van der Waals surface area contributed by atoms with Crippen molar-refractivity contribution in [2.24, 2.45) is 5.73 Å². The van der Waals surface area contributed by atoms with Crippen molar-refractivity contribution >= 4 is 39.1 Å². The first-order valence-electron chi connectivity index (χ1n) is 11.9.